The Labute approximate surface area is 193 Å². The summed E-state index contributed by atoms with van der Waals surface area (Å²) >= 11 is 0. The van der Waals surface area contributed by atoms with E-state index in [1.807, 2.05) is 26.0 Å². The fourth-order valence-corrected chi connectivity index (χ4v) is 6.48. The van der Waals surface area contributed by atoms with E-state index in [0.29, 0.717) is 36.8 Å². The highest BCUT2D eigenvalue weighted by molar-refractivity contribution is 5.93. The van der Waals surface area contributed by atoms with Crippen LogP contribution >= 0.6 is 0 Å². The molecule has 0 radical (unpaired) electrons. The number of carboxylic acid groups (broad SMARTS) is 1. The van der Waals surface area contributed by atoms with Crippen molar-refractivity contribution in [3.8, 4) is 0 Å². The Hall–Kier alpha value is -2.83. The number of carbonyl (C=O) groups is 3. The van der Waals surface area contributed by atoms with E-state index in [2.05, 4.69) is 0 Å². The molecule has 0 bridgehead atoms. The Morgan fingerprint density at radius 3 is 2.79 bits per heavy atom. The number of rotatable bonds is 6. The van der Waals surface area contributed by atoms with Gasteiger partial charge < -0.3 is 19.0 Å². The molecule has 1 aromatic rings. The number of aliphatic carboxylic acids is 1. The standard InChI is InChI=1S/C26H32O7/c1-5-15(2)22(27)33-20-12-25-14-32-23(28)19(25)7-6-8-21(25)26(17(20)4,24(29)30)11-16(3)18-9-10-31-13-18/h5,7,9-10,13,16-17,20-21H,6,8,11-12,14H2,1-4H3,(H,29,30). The van der Waals surface area contributed by atoms with Gasteiger partial charge in [-0.15, -0.1) is 0 Å². The van der Waals surface area contributed by atoms with E-state index < -0.39 is 34.8 Å². The zero-order valence-electron chi connectivity index (χ0n) is 19.6. The summed E-state index contributed by atoms with van der Waals surface area (Å²) in [5, 5.41) is 10.8. The van der Waals surface area contributed by atoms with Crippen LogP contribution < -0.4 is 0 Å². The number of carboxylic acids is 1. The van der Waals surface area contributed by atoms with Crippen molar-refractivity contribution in [2.24, 2.45) is 22.7 Å². The van der Waals surface area contributed by atoms with Crippen LogP contribution in [0.2, 0.25) is 0 Å². The van der Waals surface area contributed by atoms with Gasteiger partial charge in [0, 0.05) is 22.5 Å². The minimum atomic E-state index is -1.21. The van der Waals surface area contributed by atoms with Crippen molar-refractivity contribution in [2.75, 3.05) is 6.61 Å². The van der Waals surface area contributed by atoms with Crippen molar-refractivity contribution >= 4 is 17.9 Å². The van der Waals surface area contributed by atoms with Crippen LogP contribution in [-0.4, -0.2) is 35.7 Å². The number of hydrogen-bond donors (Lipinski definition) is 1. The first-order valence-electron chi connectivity index (χ1n) is 11.6. The molecule has 1 spiro atoms. The molecule has 7 nitrogen and oxygen atoms in total. The second-order valence-corrected chi connectivity index (χ2v) is 9.90. The number of ether oxygens (including phenoxy) is 2. The molecule has 2 aliphatic carbocycles. The van der Waals surface area contributed by atoms with Gasteiger partial charge in [-0.1, -0.05) is 26.0 Å². The Kier molecular flexibility index (Phi) is 6.01. The molecule has 2 fully saturated rings. The summed E-state index contributed by atoms with van der Waals surface area (Å²) in [7, 11) is 0. The van der Waals surface area contributed by atoms with Gasteiger partial charge in [-0.05, 0) is 63.0 Å². The van der Waals surface area contributed by atoms with Gasteiger partial charge in [0.1, 0.15) is 12.7 Å². The van der Waals surface area contributed by atoms with E-state index in [9.17, 15) is 19.5 Å². The SMILES string of the molecule is CC=C(C)C(=O)OC1CC23COC(=O)C2=CCCC3C(CC(C)c2ccoc2)(C(=O)O)C1C. The van der Waals surface area contributed by atoms with Crippen LogP contribution in [0.5, 0.6) is 0 Å². The summed E-state index contributed by atoms with van der Waals surface area (Å²) in [6.07, 6.45) is 8.13. The third-order valence-corrected chi connectivity index (χ3v) is 8.41. The Morgan fingerprint density at radius 2 is 2.15 bits per heavy atom. The molecule has 6 unspecified atom stereocenters. The van der Waals surface area contributed by atoms with Gasteiger partial charge in [-0.2, -0.15) is 0 Å². The summed E-state index contributed by atoms with van der Waals surface area (Å²) in [5.41, 5.74) is -0.0442. The monoisotopic (exact) mass is 456 g/mol. The molecule has 4 rings (SSSR count). The smallest absolute Gasteiger partial charge is 0.334 e. The largest absolute Gasteiger partial charge is 0.481 e. The summed E-state index contributed by atoms with van der Waals surface area (Å²) in [6, 6.07) is 1.85. The Balaban J connectivity index is 1.83. The van der Waals surface area contributed by atoms with Crippen LogP contribution in [0.25, 0.3) is 0 Å². The maximum atomic E-state index is 13.2. The maximum absolute atomic E-state index is 13.2. The molecular weight excluding hydrogens is 424 g/mol. The van der Waals surface area contributed by atoms with E-state index in [1.54, 1.807) is 32.4 Å². The number of furan rings is 1. The van der Waals surface area contributed by atoms with Crippen molar-refractivity contribution in [1.29, 1.82) is 0 Å². The molecule has 178 valence electrons. The summed E-state index contributed by atoms with van der Waals surface area (Å²) in [5.74, 6) is -2.62. The van der Waals surface area contributed by atoms with Crippen molar-refractivity contribution < 1.29 is 33.4 Å². The van der Waals surface area contributed by atoms with E-state index in [0.717, 1.165) is 5.56 Å². The minimum absolute atomic E-state index is 0.0987. The summed E-state index contributed by atoms with van der Waals surface area (Å²) in [4.78, 5) is 38.6. The molecular formula is C26H32O7. The van der Waals surface area contributed by atoms with Crippen LogP contribution in [0.1, 0.15) is 64.9 Å². The normalized spacial score (nSPS) is 34.5. The molecule has 3 aliphatic rings. The summed E-state index contributed by atoms with van der Waals surface area (Å²) < 4.78 is 16.7. The van der Waals surface area contributed by atoms with Crippen molar-refractivity contribution in [2.45, 2.75) is 65.4 Å². The Morgan fingerprint density at radius 1 is 1.39 bits per heavy atom. The topological polar surface area (TPSA) is 103 Å². The predicted octanol–water partition coefficient (Wildman–Crippen LogP) is 4.64. The predicted molar refractivity (Wildman–Crippen MR) is 119 cm³/mol. The highest BCUT2D eigenvalue weighted by atomic mass is 16.6. The molecule has 0 amide bonds. The first kappa shape index (κ1) is 23.3. The van der Waals surface area contributed by atoms with Gasteiger partial charge in [-0.3, -0.25) is 4.79 Å². The van der Waals surface area contributed by atoms with Crippen molar-refractivity contribution in [1.82, 2.24) is 0 Å². The molecule has 1 saturated carbocycles. The van der Waals surface area contributed by atoms with Crippen LogP contribution in [-0.2, 0) is 23.9 Å². The molecule has 7 heteroatoms. The molecule has 1 aliphatic heterocycles. The van der Waals surface area contributed by atoms with E-state index in [1.165, 1.54) is 0 Å². The third-order valence-electron chi connectivity index (χ3n) is 8.41. The average Bonchev–Trinajstić information content (AvgIpc) is 3.44. The third kappa shape index (κ3) is 3.52. The van der Waals surface area contributed by atoms with Crippen LogP contribution in [0.15, 0.2) is 46.3 Å². The quantitative estimate of drug-likeness (QED) is 0.491. The van der Waals surface area contributed by atoms with Gasteiger partial charge in [0.15, 0.2) is 0 Å². The second kappa shape index (κ2) is 8.50. The number of hydrogen-bond acceptors (Lipinski definition) is 6. The zero-order chi connectivity index (χ0) is 24.0. The zero-order valence-corrected chi connectivity index (χ0v) is 19.6. The highest BCUT2D eigenvalue weighted by Crippen LogP contribution is 2.65. The molecule has 1 saturated heterocycles. The van der Waals surface area contributed by atoms with Gasteiger partial charge in [0.2, 0.25) is 0 Å². The Bertz CT molecular complexity index is 1000. The second-order valence-electron chi connectivity index (χ2n) is 9.90. The van der Waals surface area contributed by atoms with Crippen molar-refractivity contribution in [3.63, 3.8) is 0 Å². The van der Waals surface area contributed by atoms with Crippen LogP contribution in [0.3, 0.4) is 0 Å². The molecule has 2 heterocycles. The lowest BCUT2D eigenvalue weighted by molar-refractivity contribution is -0.193. The molecule has 6 atom stereocenters. The van der Waals surface area contributed by atoms with Crippen molar-refractivity contribution in [3.05, 3.63) is 47.5 Å². The maximum Gasteiger partial charge on any atom is 0.334 e. The lowest BCUT2D eigenvalue weighted by atomic mass is 9.44. The summed E-state index contributed by atoms with van der Waals surface area (Å²) in [6.45, 7) is 7.43. The number of carbonyl (C=O) groups excluding carboxylic acids is 2. The molecule has 0 aromatic carbocycles. The van der Waals surface area contributed by atoms with E-state index >= 15 is 0 Å². The van der Waals surface area contributed by atoms with Gasteiger partial charge in [0.25, 0.3) is 0 Å². The average molecular weight is 457 g/mol. The molecule has 1 N–H and O–H groups in total. The lowest BCUT2D eigenvalue weighted by Crippen LogP contribution is -2.62. The molecule has 33 heavy (non-hydrogen) atoms. The minimum Gasteiger partial charge on any atom is -0.481 e. The highest BCUT2D eigenvalue weighted by Gasteiger charge is 2.68. The van der Waals surface area contributed by atoms with Crippen LogP contribution in [0.4, 0.5) is 0 Å². The van der Waals surface area contributed by atoms with Gasteiger partial charge in [0.05, 0.1) is 17.9 Å². The van der Waals surface area contributed by atoms with E-state index in [-0.39, 0.29) is 24.4 Å². The fraction of sp³-hybridized carbons (Fsp3) is 0.577. The van der Waals surface area contributed by atoms with E-state index in [4.69, 9.17) is 13.9 Å². The first-order chi connectivity index (χ1) is 15.7. The van der Waals surface area contributed by atoms with Gasteiger partial charge >= 0.3 is 17.9 Å². The van der Waals surface area contributed by atoms with Gasteiger partial charge in [-0.25, -0.2) is 9.59 Å². The first-order valence-corrected chi connectivity index (χ1v) is 11.6. The van der Waals surface area contributed by atoms with Crippen LogP contribution in [0, 0.1) is 22.7 Å². The molecule has 1 aromatic heterocycles. The fourth-order valence-electron chi connectivity index (χ4n) is 6.48. The number of cyclic esters (lactones) is 1. The number of esters is 2. The lowest BCUT2D eigenvalue weighted by Gasteiger charge is -2.58. The number of allylic oxidation sites excluding steroid dienone is 2.